The summed E-state index contributed by atoms with van der Waals surface area (Å²) in [5.41, 5.74) is 0.157. The van der Waals surface area contributed by atoms with Crippen molar-refractivity contribution in [1.29, 1.82) is 5.26 Å². The normalized spacial score (nSPS) is 11.7. The van der Waals surface area contributed by atoms with Gasteiger partial charge in [0.05, 0.1) is 5.56 Å². The molecule has 1 atom stereocenters. The minimum atomic E-state index is -0.936. The molecule has 1 unspecified atom stereocenters. The van der Waals surface area contributed by atoms with Gasteiger partial charge < -0.3 is 9.84 Å². The van der Waals surface area contributed by atoms with Crippen molar-refractivity contribution in [2.75, 3.05) is 0 Å². The fraction of sp³-hybridized carbons (Fsp3) is 0.381. The Bertz CT molecular complexity index is 1000. The van der Waals surface area contributed by atoms with Crippen molar-refractivity contribution in [2.24, 2.45) is 0 Å². The van der Waals surface area contributed by atoms with E-state index >= 15 is 0 Å². The lowest BCUT2D eigenvalue weighted by atomic mass is 9.99. The number of aryl methyl sites for hydroxylation is 1. The molecule has 148 valence electrons. The molecule has 7 heteroatoms. The summed E-state index contributed by atoms with van der Waals surface area (Å²) in [4.78, 5) is 25.5. The van der Waals surface area contributed by atoms with Crippen LogP contribution in [0.1, 0.15) is 53.7 Å². The molecule has 1 aromatic carbocycles. The van der Waals surface area contributed by atoms with Crippen molar-refractivity contribution < 1.29 is 14.6 Å². The molecule has 0 fully saturated rings. The highest BCUT2D eigenvalue weighted by Gasteiger charge is 2.28. The number of ketones is 1. The minimum absolute atomic E-state index is 0.0644. The number of Topliss-reactive ketones (excluding diaryl/α,β-unsaturated/α-hetero) is 1. The number of hydrogen-bond donors (Lipinski definition) is 1. The van der Waals surface area contributed by atoms with Crippen LogP contribution < -0.4 is 10.3 Å². The number of hydrogen-bond acceptors (Lipinski definition) is 5. The molecule has 0 aliphatic heterocycles. The van der Waals surface area contributed by atoms with Gasteiger partial charge in [-0.2, -0.15) is 5.26 Å². The highest BCUT2D eigenvalue weighted by atomic mass is 35.5. The quantitative estimate of drug-likeness (QED) is 0.702. The summed E-state index contributed by atoms with van der Waals surface area (Å²) in [6.07, 6.45) is 0.486. The first kappa shape index (κ1) is 21.5. The van der Waals surface area contributed by atoms with Gasteiger partial charge >= 0.3 is 0 Å². The Balaban J connectivity index is 2.47. The van der Waals surface area contributed by atoms with Crippen molar-refractivity contribution in [2.45, 2.75) is 53.2 Å². The third-order valence-electron chi connectivity index (χ3n) is 4.59. The van der Waals surface area contributed by atoms with Crippen molar-refractivity contribution in [3.05, 3.63) is 55.8 Å². The van der Waals surface area contributed by atoms with Crippen LogP contribution in [0.15, 0.2) is 23.0 Å². The average molecular weight is 403 g/mol. The van der Waals surface area contributed by atoms with Crippen molar-refractivity contribution in [3.63, 3.8) is 0 Å². The zero-order valence-corrected chi connectivity index (χ0v) is 17.1. The number of ether oxygens (including phenoxy) is 1. The number of halogens is 1. The van der Waals surface area contributed by atoms with E-state index in [0.29, 0.717) is 17.2 Å². The number of aromatic hydroxyl groups is 1. The fourth-order valence-electron chi connectivity index (χ4n) is 2.92. The second kappa shape index (κ2) is 8.94. The lowest BCUT2D eigenvalue weighted by molar-refractivity contribution is 0.0812. The Morgan fingerprint density at radius 1 is 1.39 bits per heavy atom. The van der Waals surface area contributed by atoms with E-state index in [9.17, 15) is 20.0 Å². The summed E-state index contributed by atoms with van der Waals surface area (Å²) in [5.74, 6) is -0.480. The standard InChI is InChI=1S/C21H23ClN2O4/c1-5-6-9-24-20(26)16(11-23)13(3)18(21(24)27)19(25)14(4)28-15-7-8-17(22)12(2)10-15/h7-8,10,14,27H,5-6,9H2,1-4H3. The predicted octanol–water partition coefficient (Wildman–Crippen LogP) is 4.15. The molecular formula is C21H23ClN2O4. The maximum atomic E-state index is 13.0. The molecule has 0 bridgehead atoms. The van der Waals surface area contributed by atoms with E-state index in [1.54, 1.807) is 25.1 Å². The van der Waals surface area contributed by atoms with Gasteiger partial charge in [-0.25, -0.2) is 0 Å². The molecule has 28 heavy (non-hydrogen) atoms. The number of unbranched alkanes of at least 4 members (excludes halogenated alkanes) is 1. The predicted molar refractivity (Wildman–Crippen MR) is 107 cm³/mol. The number of aromatic nitrogens is 1. The first-order valence-corrected chi connectivity index (χ1v) is 9.44. The third-order valence-corrected chi connectivity index (χ3v) is 5.02. The average Bonchev–Trinajstić information content (AvgIpc) is 2.65. The molecule has 0 radical (unpaired) electrons. The summed E-state index contributed by atoms with van der Waals surface area (Å²) < 4.78 is 6.80. The summed E-state index contributed by atoms with van der Waals surface area (Å²) in [7, 11) is 0. The number of carbonyl (C=O) groups is 1. The largest absolute Gasteiger partial charge is 0.494 e. The summed E-state index contributed by atoms with van der Waals surface area (Å²) >= 11 is 6.01. The Hall–Kier alpha value is -2.78. The van der Waals surface area contributed by atoms with Gasteiger partial charge in [-0.05, 0) is 56.5 Å². The van der Waals surface area contributed by atoms with Gasteiger partial charge in [0.2, 0.25) is 11.7 Å². The molecule has 0 saturated carbocycles. The Morgan fingerprint density at radius 2 is 2.07 bits per heavy atom. The molecule has 0 spiro atoms. The van der Waals surface area contributed by atoms with Gasteiger partial charge in [-0.1, -0.05) is 24.9 Å². The monoisotopic (exact) mass is 402 g/mol. The van der Waals surface area contributed by atoms with E-state index in [4.69, 9.17) is 16.3 Å². The number of nitrogens with zero attached hydrogens (tertiary/aromatic N) is 2. The topological polar surface area (TPSA) is 92.3 Å². The Labute approximate surface area is 168 Å². The molecule has 0 aliphatic carbocycles. The maximum Gasteiger partial charge on any atom is 0.271 e. The van der Waals surface area contributed by atoms with Crippen LogP contribution >= 0.6 is 11.6 Å². The first-order chi connectivity index (χ1) is 13.2. The molecule has 1 aromatic heterocycles. The van der Waals surface area contributed by atoms with Crippen LogP contribution in [-0.4, -0.2) is 21.6 Å². The number of carbonyl (C=O) groups excluding carboxylic acids is 1. The van der Waals surface area contributed by atoms with E-state index in [2.05, 4.69) is 0 Å². The van der Waals surface area contributed by atoms with Gasteiger partial charge in [0.1, 0.15) is 17.4 Å². The smallest absolute Gasteiger partial charge is 0.271 e. The highest BCUT2D eigenvalue weighted by Crippen LogP contribution is 2.26. The van der Waals surface area contributed by atoms with Gasteiger partial charge in [-0.15, -0.1) is 0 Å². The molecule has 6 nitrogen and oxygen atoms in total. The fourth-order valence-corrected chi connectivity index (χ4v) is 3.04. The van der Waals surface area contributed by atoms with E-state index in [-0.39, 0.29) is 23.2 Å². The van der Waals surface area contributed by atoms with Crippen molar-refractivity contribution in [3.8, 4) is 17.7 Å². The second-order valence-electron chi connectivity index (χ2n) is 6.66. The SMILES string of the molecule is CCCCn1c(O)c(C(=O)C(C)Oc2ccc(Cl)c(C)c2)c(C)c(C#N)c1=O. The molecular weight excluding hydrogens is 380 g/mol. The van der Waals surface area contributed by atoms with Gasteiger partial charge in [0.25, 0.3) is 5.56 Å². The summed E-state index contributed by atoms with van der Waals surface area (Å²) in [6, 6.07) is 6.88. The number of rotatable bonds is 7. The zero-order chi connectivity index (χ0) is 21.0. The maximum absolute atomic E-state index is 13.0. The summed E-state index contributed by atoms with van der Waals surface area (Å²) in [6.45, 7) is 7.02. The van der Waals surface area contributed by atoms with E-state index in [1.165, 1.54) is 6.92 Å². The van der Waals surface area contributed by atoms with Crippen LogP contribution in [0.2, 0.25) is 5.02 Å². The third kappa shape index (κ3) is 4.20. The van der Waals surface area contributed by atoms with Gasteiger partial charge in [-0.3, -0.25) is 14.2 Å². The van der Waals surface area contributed by atoms with Crippen LogP contribution in [0.25, 0.3) is 0 Å². The highest BCUT2D eigenvalue weighted by molar-refractivity contribution is 6.31. The molecule has 2 rings (SSSR count). The van der Waals surface area contributed by atoms with E-state index in [1.807, 2.05) is 19.9 Å². The molecule has 1 N–H and O–H groups in total. The van der Waals surface area contributed by atoms with Crippen LogP contribution in [0.5, 0.6) is 11.6 Å². The number of nitriles is 1. The second-order valence-corrected chi connectivity index (χ2v) is 7.06. The lowest BCUT2D eigenvalue weighted by Crippen LogP contribution is -2.30. The number of benzene rings is 1. The Kier molecular flexibility index (Phi) is 6.87. The zero-order valence-electron chi connectivity index (χ0n) is 16.4. The van der Waals surface area contributed by atoms with Crippen LogP contribution in [0.3, 0.4) is 0 Å². The minimum Gasteiger partial charge on any atom is -0.494 e. The van der Waals surface area contributed by atoms with E-state index < -0.39 is 23.3 Å². The van der Waals surface area contributed by atoms with Gasteiger partial charge in [0.15, 0.2) is 6.10 Å². The molecule has 2 aromatic rings. The van der Waals surface area contributed by atoms with Crippen molar-refractivity contribution >= 4 is 17.4 Å². The number of pyridine rings is 1. The van der Waals surface area contributed by atoms with Crippen LogP contribution in [0, 0.1) is 25.2 Å². The summed E-state index contributed by atoms with van der Waals surface area (Å²) in [5, 5.41) is 20.6. The molecule has 0 saturated heterocycles. The lowest BCUT2D eigenvalue weighted by Gasteiger charge is -2.19. The first-order valence-electron chi connectivity index (χ1n) is 9.06. The van der Waals surface area contributed by atoms with Gasteiger partial charge in [0, 0.05) is 11.6 Å². The molecule has 0 aliphatic rings. The van der Waals surface area contributed by atoms with Crippen molar-refractivity contribution in [1.82, 2.24) is 4.57 Å². The van der Waals surface area contributed by atoms with Crippen LogP contribution in [0.4, 0.5) is 0 Å². The van der Waals surface area contributed by atoms with E-state index in [0.717, 1.165) is 16.6 Å². The molecule has 0 amide bonds. The Morgan fingerprint density at radius 3 is 2.64 bits per heavy atom. The van der Waals surface area contributed by atoms with Crippen LogP contribution in [-0.2, 0) is 6.54 Å². The molecule has 1 heterocycles.